The highest BCUT2D eigenvalue weighted by molar-refractivity contribution is 5.90. The van der Waals surface area contributed by atoms with Crippen molar-refractivity contribution in [2.24, 2.45) is 0 Å². The van der Waals surface area contributed by atoms with Gasteiger partial charge >= 0.3 is 0 Å². The van der Waals surface area contributed by atoms with Gasteiger partial charge in [0.2, 0.25) is 0 Å². The molecule has 0 aliphatic rings. The zero-order valence-electron chi connectivity index (χ0n) is 9.67. The van der Waals surface area contributed by atoms with Gasteiger partial charge in [0.25, 0.3) is 0 Å². The minimum atomic E-state index is 0.619. The maximum atomic E-state index is 6.05. The van der Waals surface area contributed by atoms with Crippen molar-refractivity contribution in [1.82, 2.24) is 9.66 Å². The molecule has 5 heteroatoms. The molecule has 0 bridgehead atoms. The average Bonchev–Trinajstić information content (AvgIpc) is 2.70. The zero-order chi connectivity index (χ0) is 12.7. The van der Waals surface area contributed by atoms with Gasteiger partial charge in [0, 0.05) is 11.3 Å². The van der Waals surface area contributed by atoms with Crippen LogP contribution in [0.4, 0.5) is 11.4 Å². The lowest BCUT2D eigenvalue weighted by atomic mass is 10.2. The van der Waals surface area contributed by atoms with Crippen molar-refractivity contribution in [2.75, 3.05) is 17.3 Å². The fraction of sp³-hybridized carbons (Fsp3) is 0. The van der Waals surface area contributed by atoms with Gasteiger partial charge in [-0.3, -0.25) is 0 Å². The molecule has 90 valence electrons. The van der Waals surface area contributed by atoms with Crippen molar-refractivity contribution in [3.63, 3.8) is 0 Å². The van der Waals surface area contributed by atoms with Crippen LogP contribution in [0.5, 0.6) is 0 Å². The predicted octanol–water partition coefficient (Wildman–Crippen LogP) is 1.58. The fourth-order valence-electron chi connectivity index (χ4n) is 1.97. The van der Waals surface area contributed by atoms with Crippen LogP contribution in [0.2, 0.25) is 0 Å². The van der Waals surface area contributed by atoms with Gasteiger partial charge in [-0.15, -0.1) is 0 Å². The van der Waals surface area contributed by atoms with Crippen LogP contribution in [-0.2, 0) is 0 Å². The summed E-state index contributed by atoms with van der Waals surface area (Å²) in [7, 11) is 0. The van der Waals surface area contributed by atoms with Gasteiger partial charge in [-0.25, -0.2) is 9.66 Å². The van der Waals surface area contributed by atoms with Crippen molar-refractivity contribution >= 4 is 22.4 Å². The minimum Gasteiger partial charge on any atom is -0.399 e. The number of aromatic nitrogens is 2. The number of nitrogen functional groups attached to an aromatic ring is 3. The van der Waals surface area contributed by atoms with Gasteiger partial charge in [-0.1, -0.05) is 6.07 Å². The number of para-hydroxylation sites is 1. The molecule has 0 aliphatic heterocycles. The molecule has 2 aromatic carbocycles. The molecule has 5 nitrogen and oxygen atoms in total. The third kappa shape index (κ3) is 1.45. The van der Waals surface area contributed by atoms with Crippen molar-refractivity contribution < 1.29 is 0 Å². The molecule has 6 N–H and O–H groups in total. The van der Waals surface area contributed by atoms with Crippen molar-refractivity contribution in [2.45, 2.75) is 0 Å². The summed E-state index contributed by atoms with van der Waals surface area (Å²) in [5, 5.41) is 0. The number of nitrogens with two attached hydrogens (primary N) is 3. The number of anilines is 2. The van der Waals surface area contributed by atoms with Crippen LogP contribution in [-0.4, -0.2) is 9.66 Å². The van der Waals surface area contributed by atoms with Crippen LogP contribution in [0.1, 0.15) is 0 Å². The Kier molecular flexibility index (Phi) is 2.13. The molecule has 0 atom stereocenters. The van der Waals surface area contributed by atoms with Crippen LogP contribution in [0.3, 0.4) is 0 Å². The lowest BCUT2D eigenvalue weighted by molar-refractivity contribution is 1.05. The molecular weight excluding hydrogens is 226 g/mol. The summed E-state index contributed by atoms with van der Waals surface area (Å²) in [4.78, 5) is 4.48. The molecule has 3 aromatic rings. The van der Waals surface area contributed by atoms with E-state index in [9.17, 15) is 0 Å². The lowest BCUT2D eigenvalue weighted by Gasteiger charge is -2.02. The smallest absolute Gasteiger partial charge is 0.159 e. The van der Waals surface area contributed by atoms with Gasteiger partial charge in [-0.2, -0.15) is 0 Å². The summed E-state index contributed by atoms with van der Waals surface area (Å²) in [6.45, 7) is 0. The molecule has 0 aliphatic carbocycles. The van der Waals surface area contributed by atoms with Crippen LogP contribution in [0.25, 0.3) is 22.4 Å². The Balaban J connectivity index is 2.27. The van der Waals surface area contributed by atoms with E-state index in [0.717, 1.165) is 11.1 Å². The predicted molar refractivity (Wildman–Crippen MR) is 74.1 cm³/mol. The van der Waals surface area contributed by atoms with E-state index >= 15 is 0 Å². The van der Waals surface area contributed by atoms with E-state index in [1.165, 1.54) is 4.68 Å². The molecule has 18 heavy (non-hydrogen) atoms. The Morgan fingerprint density at radius 2 is 1.67 bits per heavy atom. The number of imidazole rings is 1. The van der Waals surface area contributed by atoms with Crippen molar-refractivity contribution in [1.29, 1.82) is 0 Å². The van der Waals surface area contributed by atoms with Crippen LogP contribution in [0, 0.1) is 0 Å². The van der Waals surface area contributed by atoms with E-state index in [4.69, 9.17) is 17.3 Å². The summed E-state index contributed by atoms with van der Waals surface area (Å²) in [5.41, 5.74) is 15.3. The molecule has 0 spiro atoms. The summed E-state index contributed by atoms with van der Waals surface area (Å²) < 4.78 is 1.54. The Hall–Kier alpha value is -2.69. The van der Waals surface area contributed by atoms with Crippen LogP contribution >= 0.6 is 0 Å². The first-order valence-corrected chi connectivity index (χ1v) is 5.55. The molecule has 0 fully saturated rings. The second-order valence-corrected chi connectivity index (χ2v) is 4.14. The molecule has 0 saturated heterocycles. The number of rotatable bonds is 1. The topological polar surface area (TPSA) is 95.9 Å². The number of benzene rings is 2. The Labute approximate surface area is 104 Å². The Morgan fingerprint density at radius 3 is 2.33 bits per heavy atom. The largest absolute Gasteiger partial charge is 0.399 e. The van der Waals surface area contributed by atoms with E-state index in [1.54, 1.807) is 0 Å². The number of hydrogen-bond donors (Lipinski definition) is 3. The molecular formula is C13H13N5. The third-order valence-electron chi connectivity index (χ3n) is 2.92. The van der Waals surface area contributed by atoms with Gasteiger partial charge in [-0.05, 0) is 36.4 Å². The Morgan fingerprint density at radius 1 is 0.944 bits per heavy atom. The quantitative estimate of drug-likeness (QED) is 0.443. The number of nitrogens with zero attached hydrogens (tertiary/aromatic N) is 2. The minimum absolute atomic E-state index is 0.619. The zero-order valence-corrected chi connectivity index (χ0v) is 9.67. The summed E-state index contributed by atoms with van der Waals surface area (Å²) in [6, 6.07) is 13.0. The lowest BCUT2D eigenvalue weighted by Crippen LogP contribution is -2.09. The number of fused-ring (bicyclic) bond motifs is 1. The van der Waals surface area contributed by atoms with Crippen LogP contribution < -0.4 is 17.3 Å². The van der Waals surface area contributed by atoms with Gasteiger partial charge in [0.15, 0.2) is 5.82 Å². The average molecular weight is 239 g/mol. The first-order valence-electron chi connectivity index (χ1n) is 5.55. The van der Waals surface area contributed by atoms with E-state index in [0.29, 0.717) is 22.7 Å². The van der Waals surface area contributed by atoms with E-state index in [-0.39, 0.29) is 0 Å². The van der Waals surface area contributed by atoms with Gasteiger partial charge < -0.3 is 17.3 Å². The highest BCUT2D eigenvalue weighted by Crippen LogP contribution is 2.26. The summed E-state index contributed by atoms with van der Waals surface area (Å²) in [6.07, 6.45) is 0. The fourth-order valence-corrected chi connectivity index (χ4v) is 1.97. The molecule has 1 aromatic heterocycles. The maximum Gasteiger partial charge on any atom is 0.159 e. The van der Waals surface area contributed by atoms with Crippen LogP contribution in [0.15, 0.2) is 42.5 Å². The second-order valence-electron chi connectivity index (χ2n) is 4.14. The van der Waals surface area contributed by atoms with E-state index in [1.807, 2.05) is 42.5 Å². The maximum absolute atomic E-state index is 6.05. The van der Waals surface area contributed by atoms with E-state index < -0.39 is 0 Å². The summed E-state index contributed by atoms with van der Waals surface area (Å²) in [5.74, 6) is 6.71. The molecule has 0 saturated carbocycles. The van der Waals surface area contributed by atoms with Gasteiger partial charge in [0.1, 0.15) is 5.52 Å². The van der Waals surface area contributed by atoms with Crippen molar-refractivity contribution in [3.05, 3.63) is 42.5 Å². The highest BCUT2D eigenvalue weighted by atomic mass is 15.3. The first kappa shape index (κ1) is 10.5. The monoisotopic (exact) mass is 239 g/mol. The first-order chi connectivity index (χ1) is 8.66. The normalized spacial score (nSPS) is 10.9. The third-order valence-corrected chi connectivity index (χ3v) is 2.92. The molecule has 0 radical (unpaired) electrons. The SMILES string of the molecule is Nc1ccc(-c2nc3c(N)cccc3n2N)cc1. The van der Waals surface area contributed by atoms with E-state index in [2.05, 4.69) is 4.98 Å². The Bertz CT molecular complexity index is 712. The summed E-state index contributed by atoms with van der Waals surface area (Å²) >= 11 is 0. The molecule has 0 unspecified atom stereocenters. The standard InChI is InChI=1S/C13H13N5/c14-9-6-4-8(5-7-9)13-17-12-10(15)2-1-3-11(12)18(13)16/h1-7H,14-16H2. The van der Waals surface area contributed by atoms with Gasteiger partial charge in [0.05, 0.1) is 11.2 Å². The highest BCUT2D eigenvalue weighted by Gasteiger charge is 2.11. The molecule has 0 amide bonds. The van der Waals surface area contributed by atoms with Crippen molar-refractivity contribution in [3.8, 4) is 11.4 Å². The molecule has 3 rings (SSSR count). The molecule has 1 heterocycles. The number of hydrogen-bond acceptors (Lipinski definition) is 4. The second kappa shape index (κ2) is 3.66.